The largest absolute Gasteiger partial charge is 0.378 e. The van der Waals surface area contributed by atoms with E-state index in [1.54, 1.807) is 0 Å². The second kappa shape index (κ2) is 3.71. The molecule has 0 aromatic rings. The molecule has 1 heterocycles. The zero-order valence-corrected chi connectivity index (χ0v) is 6.38. The first-order chi connectivity index (χ1) is 4.83. The van der Waals surface area contributed by atoms with Crippen LogP contribution in [0.4, 0.5) is 0 Å². The van der Waals surface area contributed by atoms with Crippen molar-refractivity contribution in [1.29, 1.82) is 0 Å². The van der Waals surface area contributed by atoms with Gasteiger partial charge in [-0.05, 0) is 26.2 Å². The van der Waals surface area contributed by atoms with E-state index < -0.39 is 0 Å². The summed E-state index contributed by atoms with van der Waals surface area (Å²) in [6, 6.07) is 0. The van der Waals surface area contributed by atoms with Gasteiger partial charge in [-0.15, -0.1) is 0 Å². The highest BCUT2D eigenvalue weighted by atomic mass is 16.5. The maximum absolute atomic E-state index is 10.4. The molecule has 2 atom stereocenters. The summed E-state index contributed by atoms with van der Waals surface area (Å²) in [5.74, 6) is 0.255. The lowest BCUT2D eigenvalue weighted by Gasteiger charge is -2.05. The monoisotopic (exact) mass is 142 g/mol. The van der Waals surface area contributed by atoms with E-state index in [0.717, 1.165) is 32.2 Å². The summed E-state index contributed by atoms with van der Waals surface area (Å²) in [6.07, 6.45) is 4.36. The molecule has 0 aliphatic carbocycles. The molecule has 10 heavy (non-hydrogen) atoms. The standard InChI is InChI=1S/C8H14O2/c1-7-2-3-8(6-9)4-5-10-7/h6-8H,2-5H2,1H3. The Balaban J connectivity index is 2.32. The highest BCUT2D eigenvalue weighted by molar-refractivity contribution is 5.53. The molecule has 1 rings (SSSR count). The van der Waals surface area contributed by atoms with E-state index in [-0.39, 0.29) is 5.92 Å². The van der Waals surface area contributed by atoms with Gasteiger partial charge in [0.15, 0.2) is 0 Å². The molecular weight excluding hydrogens is 128 g/mol. The van der Waals surface area contributed by atoms with Gasteiger partial charge in [-0.3, -0.25) is 0 Å². The van der Waals surface area contributed by atoms with Crippen molar-refractivity contribution in [3.05, 3.63) is 0 Å². The molecule has 0 aromatic carbocycles. The summed E-state index contributed by atoms with van der Waals surface area (Å²) in [5, 5.41) is 0. The first kappa shape index (κ1) is 7.73. The van der Waals surface area contributed by atoms with E-state index in [4.69, 9.17) is 4.74 Å². The SMILES string of the molecule is CC1CCC(C=O)CCO1. The van der Waals surface area contributed by atoms with E-state index in [2.05, 4.69) is 6.92 Å². The normalized spacial score (nSPS) is 34.9. The first-order valence-corrected chi connectivity index (χ1v) is 3.90. The first-order valence-electron chi connectivity index (χ1n) is 3.90. The summed E-state index contributed by atoms with van der Waals surface area (Å²) in [6.45, 7) is 2.82. The average Bonchev–Trinajstić information content (AvgIpc) is 2.14. The maximum atomic E-state index is 10.4. The van der Waals surface area contributed by atoms with Crippen LogP contribution in [0.25, 0.3) is 0 Å². The smallest absolute Gasteiger partial charge is 0.123 e. The van der Waals surface area contributed by atoms with E-state index in [1.807, 2.05) is 0 Å². The number of hydrogen-bond acceptors (Lipinski definition) is 2. The molecule has 2 nitrogen and oxygen atoms in total. The average molecular weight is 142 g/mol. The van der Waals surface area contributed by atoms with Gasteiger partial charge in [0, 0.05) is 12.5 Å². The van der Waals surface area contributed by atoms with Crippen LogP contribution in [0.2, 0.25) is 0 Å². The molecule has 0 amide bonds. The summed E-state index contributed by atoms with van der Waals surface area (Å²) < 4.78 is 5.38. The van der Waals surface area contributed by atoms with Gasteiger partial charge < -0.3 is 9.53 Å². The van der Waals surface area contributed by atoms with Crippen LogP contribution in [0.1, 0.15) is 26.2 Å². The number of ether oxygens (including phenoxy) is 1. The Morgan fingerprint density at radius 1 is 1.40 bits per heavy atom. The molecule has 0 bridgehead atoms. The fraction of sp³-hybridized carbons (Fsp3) is 0.875. The van der Waals surface area contributed by atoms with Crippen molar-refractivity contribution >= 4 is 6.29 Å². The van der Waals surface area contributed by atoms with Crippen molar-refractivity contribution < 1.29 is 9.53 Å². The van der Waals surface area contributed by atoms with Crippen molar-refractivity contribution in [3.8, 4) is 0 Å². The molecule has 0 saturated carbocycles. The lowest BCUT2D eigenvalue weighted by atomic mass is 10.0. The molecule has 1 aliphatic rings. The highest BCUT2D eigenvalue weighted by Gasteiger charge is 2.14. The van der Waals surface area contributed by atoms with E-state index in [0.29, 0.717) is 6.10 Å². The fourth-order valence-corrected chi connectivity index (χ4v) is 1.23. The molecule has 2 heteroatoms. The molecule has 58 valence electrons. The Morgan fingerprint density at radius 3 is 2.90 bits per heavy atom. The van der Waals surface area contributed by atoms with Crippen LogP contribution in [0, 0.1) is 5.92 Å². The lowest BCUT2D eigenvalue weighted by Crippen LogP contribution is -2.04. The molecule has 1 saturated heterocycles. The van der Waals surface area contributed by atoms with E-state index >= 15 is 0 Å². The number of rotatable bonds is 1. The predicted molar refractivity (Wildman–Crippen MR) is 38.8 cm³/mol. The maximum Gasteiger partial charge on any atom is 0.123 e. The summed E-state index contributed by atoms with van der Waals surface area (Å²) in [5.41, 5.74) is 0. The van der Waals surface area contributed by atoms with Crippen molar-refractivity contribution in [2.75, 3.05) is 6.61 Å². The van der Waals surface area contributed by atoms with Crippen LogP contribution in [0.5, 0.6) is 0 Å². The van der Waals surface area contributed by atoms with E-state index in [1.165, 1.54) is 0 Å². The fourth-order valence-electron chi connectivity index (χ4n) is 1.23. The van der Waals surface area contributed by atoms with Gasteiger partial charge in [0.1, 0.15) is 6.29 Å². The highest BCUT2D eigenvalue weighted by Crippen LogP contribution is 2.16. The predicted octanol–water partition coefficient (Wildman–Crippen LogP) is 1.39. The van der Waals surface area contributed by atoms with Crippen LogP contribution in [-0.2, 0) is 9.53 Å². The van der Waals surface area contributed by atoms with Crippen LogP contribution >= 0.6 is 0 Å². The Labute approximate surface area is 61.6 Å². The van der Waals surface area contributed by atoms with Gasteiger partial charge in [0.25, 0.3) is 0 Å². The number of hydrogen-bond donors (Lipinski definition) is 0. The lowest BCUT2D eigenvalue weighted by molar-refractivity contribution is -0.111. The van der Waals surface area contributed by atoms with Gasteiger partial charge in [0.2, 0.25) is 0 Å². The van der Waals surface area contributed by atoms with E-state index in [9.17, 15) is 4.79 Å². The van der Waals surface area contributed by atoms with Crippen LogP contribution in [0.3, 0.4) is 0 Å². The number of aldehydes is 1. The number of carbonyl (C=O) groups excluding carboxylic acids is 1. The van der Waals surface area contributed by atoms with Gasteiger partial charge in [-0.25, -0.2) is 0 Å². The van der Waals surface area contributed by atoms with Crippen molar-refractivity contribution in [2.45, 2.75) is 32.3 Å². The zero-order chi connectivity index (χ0) is 7.40. The topological polar surface area (TPSA) is 26.3 Å². The molecule has 0 radical (unpaired) electrons. The Hall–Kier alpha value is -0.370. The Bertz CT molecular complexity index is 112. The molecule has 1 aliphatic heterocycles. The minimum atomic E-state index is 0.255. The quantitative estimate of drug-likeness (QED) is 0.517. The van der Waals surface area contributed by atoms with Gasteiger partial charge in [-0.1, -0.05) is 0 Å². The van der Waals surface area contributed by atoms with Crippen LogP contribution in [-0.4, -0.2) is 19.0 Å². The number of carbonyl (C=O) groups is 1. The Morgan fingerprint density at radius 2 is 2.20 bits per heavy atom. The summed E-state index contributed by atoms with van der Waals surface area (Å²) >= 11 is 0. The minimum Gasteiger partial charge on any atom is -0.378 e. The third kappa shape index (κ3) is 2.10. The third-order valence-electron chi connectivity index (χ3n) is 2.03. The van der Waals surface area contributed by atoms with Gasteiger partial charge in [0.05, 0.1) is 6.10 Å². The molecule has 1 fully saturated rings. The Kier molecular flexibility index (Phi) is 2.87. The molecule has 0 aromatic heterocycles. The summed E-state index contributed by atoms with van der Waals surface area (Å²) in [4.78, 5) is 10.4. The van der Waals surface area contributed by atoms with Gasteiger partial charge in [-0.2, -0.15) is 0 Å². The second-order valence-electron chi connectivity index (χ2n) is 2.94. The second-order valence-corrected chi connectivity index (χ2v) is 2.94. The van der Waals surface area contributed by atoms with Gasteiger partial charge >= 0.3 is 0 Å². The van der Waals surface area contributed by atoms with Crippen LogP contribution in [0.15, 0.2) is 0 Å². The van der Waals surface area contributed by atoms with Crippen molar-refractivity contribution in [3.63, 3.8) is 0 Å². The third-order valence-corrected chi connectivity index (χ3v) is 2.03. The molecule has 0 spiro atoms. The van der Waals surface area contributed by atoms with Crippen LogP contribution < -0.4 is 0 Å². The minimum absolute atomic E-state index is 0.255. The van der Waals surface area contributed by atoms with Crippen molar-refractivity contribution in [2.24, 2.45) is 5.92 Å². The zero-order valence-electron chi connectivity index (χ0n) is 6.38. The molecular formula is C8H14O2. The summed E-state index contributed by atoms with van der Waals surface area (Å²) in [7, 11) is 0. The van der Waals surface area contributed by atoms with Crippen molar-refractivity contribution in [1.82, 2.24) is 0 Å². The molecule has 0 N–H and O–H groups in total. The molecule has 2 unspecified atom stereocenters.